The molecule has 1 rings (SSSR count). The largest absolute Gasteiger partial charge is 0.302 e. The van der Waals surface area contributed by atoms with Gasteiger partial charge in [-0.3, -0.25) is 10.1 Å². The molecule has 78 valence electrons. The molecule has 0 aromatic heterocycles. The van der Waals surface area contributed by atoms with Crippen molar-refractivity contribution in [2.24, 2.45) is 5.92 Å². The molecule has 6 nitrogen and oxygen atoms in total. The number of nitrogens with one attached hydrogen (secondary N) is 1. The van der Waals surface area contributed by atoms with Gasteiger partial charge in [0.1, 0.15) is 0 Å². The van der Waals surface area contributed by atoms with Gasteiger partial charge in [-0.05, 0) is 17.7 Å². The molecule has 0 saturated heterocycles. The number of nitrogens with zero attached hydrogens (tertiary/aromatic N) is 3. The van der Waals surface area contributed by atoms with E-state index in [2.05, 4.69) is 0 Å². The van der Waals surface area contributed by atoms with Crippen LogP contribution in [-0.2, 0) is 0 Å². The smallest absolute Gasteiger partial charge is 0.269 e. The number of hydrogen-bond donors (Lipinski definition) is 1. The topological polar surface area (TPSA) is 115 Å². The Morgan fingerprint density at radius 2 is 1.81 bits per heavy atom. The molecule has 0 amide bonds. The summed E-state index contributed by atoms with van der Waals surface area (Å²) in [5.74, 6) is -1.15. The Bertz CT molecular complexity index is 493. The zero-order valence-electron chi connectivity index (χ0n) is 8.04. The van der Waals surface area contributed by atoms with Gasteiger partial charge in [-0.15, -0.1) is 0 Å². The van der Waals surface area contributed by atoms with E-state index in [0.717, 1.165) is 0 Å². The van der Waals surface area contributed by atoms with Gasteiger partial charge in [-0.25, -0.2) is 0 Å². The lowest BCUT2D eigenvalue weighted by molar-refractivity contribution is -0.384. The predicted molar refractivity (Wildman–Crippen MR) is 54.6 cm³/mol. The molecule has 16 heavy (non-hydrogen) atoms. The third kappa shape index (κ3) is 2.20. The number of non-ortho nitro benzene ring substituents is 1. The fourth-order valence-corrected chi connectivity index (χ4v) is 1.09. The molecule has 6 heteroatoms. The minimum Gasteiger partial charge on any atom is -0.302 e. The van der Waals surface area contributed by atoms with Gasteiger partial charge in [0, 0.05) is 12.1 Å². The molecule has 0 heterocycles. The number of nitro groups is 1. The van der Waals surface area contributed by atoms with Crippen molar-refractivity contribution in [1.82, 2.24) is 0 Å². The van der Waals surface area contributed by atoms with Crippen molar-refractivity contribution in [3.05, 3.63) is 39.9 Å². The lowest BCUT2D eigenvalue weighted by Crippen LogP contribution is -2.10. The van der Waals surface area contributed by atoms with E-state index >= 15 is 0 Å². The Morgan fingerprint density at radius 1 is 1.31 bits per heavy atom. The molecule has 0 aliphatic carbocycles. The zero-order valence-corrected chi connectivity index (χ0v) is 8.04. The van der Waals surface area contributed by atoms with Gasteiger partial charge in [-0.1, -0.05) is 0 Å². The SMILES string of the molecule is N#CC(C#N)C(=N)c1ccc([N+](=O)[O-])cc1. The monoisotopic (exact) mass is 214 g/mol. The van der Waals surface area contributed by atoms with Gasteiger partial charge in [0.2, 0.25) is 0 Å². The first-order chi connectivity index (χ1) is 7.60. The Labute approximate surface area is 91.0 Å². The highest BCUT2D eigenvalue weighted by Crippen LogP contribution is 2.14. The molecule has 0 saturated carbocycles. The average molecular weight is 214 g/mol. The number of benzene rings is 1. The van der Waals surface area contributed by atoms with Gasteiger partial charge in [0.15, 0.2) is 5.92 Å². The summed E-state index contributed by atoms with van der Waals surface area (Å²) in [4.78, 5) is 9.82. The van der Waals surface area contributed by atoms with Crippen molar-refractivity contribution in [3.63, 3.8) is 0 Å². The third-order valence-electron chi connectivity index (χ3n) is 1.94. The Hall–Kier alpha value is -2.73. The van der Waals surface area contributed by atoms with Gasteiger partial charge in [0.25, 0.3) is 5.69 Å². The first-order valence-electron chi connectivity index (χ1n) is 4.22. The zero-order chi connectivity index (χ0) is 12.1. The maximum atomic E-state index is 10.4. The van der Waals surface area contributed by atoms with Crippen LogP contribution in [0.2, 0.25) is 0 Å². The van der Waals surface area contributed by atoms with Crippen LogP contribution in [0.3, 0.4) is 0 Å². The van der Waals surface area contributed by atoms with Crippen molar-refractivity contribution >= 4 is 11.4 Å². The van der Waals surface area contributed by atoms with Crippen molar-refractivity contribution < 1.29 is 4.92 Å². The summed E-state index contributed by atoms with van der Waals surface area (Å²) in [6.45, 7) is 0. The molecular formula is C10H6N4O2. The van der Waals surface area contributed by atoms with Crippen molar-refractivity contribution in [2.45, 2.75) is 0 Å². The van der Waals surface area contributed by atoms with Crippen LogP contribution in [0.25, 0.3) is 0 Å². The molecule has 0 radical (unpaired) electrons. The van der Waals surface area contributed by atoms with Crippen LogP contribution in [0.1, 0.15) is 5.56 Å². The summed E-state index contributed by atoms with van der Waals surface area (Å²) in [5, 5.41) is 35.1. The van der Waals surface area contributed by atoms with E-state index in [-0.39, 0.29) is 11.4 Å². The maximum absolute atomic E-state index is 10.4. The predicted octanol–water partition coefficient (Wildman–Crippen LogP) is 1.63. The van der Waals surface area contributed by atoms with Gasteiger partial charge in [0.05, 0.1) is 22.8 Å². The van der Waals surface area contributed by atoms with Crippen LogP contribution >= 0.6 is 0 Å². The quantitative estimate of drug-likeness (QED) is 0.467. The van der Waals surface area contributed by atoms with E-state index in [4.69, 9.17) is 15.9 Å². The fourth-order valence-electron chi connectivity index (χ4n) is 1.09. The Kier molecular flexibility index (Phi) is 3.31. The summed E-state index contributed by atoms with van der Waals surface area (Å²) in [6, 6.07) is 8.50. The molecule has 0 spiro atoms. The highest BCUT2D eigenvalue weighted by atomic mass is 16.6. The van der Waals surface area contributed by atoms with E-state index < -0.39 is 10.8 Å². The summed E-state index contributed by atoms with van der Waals surface area (Å²) < 4.78 is 0. The number of nitriles is 2. The number of nitro benzene ring substituents is 1. The van der Waals surface area contributed by atoms with E-state index in [1.807, 2.05) is 0 Å². The third-order valence-corrected chi connectivity index (χ3v) is 1.94. The Balaban J connectivity index is 3.00. The maximum Gasteiger partial charge on any atom is 0.269 e. The second kappa shape index (κ2) is 4.67. The van der Waals surface area contributed by atoms with Crippen molar-refractivity contribution in [3.8, 4) is 12.1 Å². The minimum atomic E-state index is -1.15. The van der Waals surface area contributed by atoms with Gasteiger partial charge in [-0.2, -0.15) is 10.5 Å². The summed E-state index contributed by atoms with van der Waals surface area (Å²) in [7, 11) is 0. The molecular weight excluding hydrogens is 208 g/mol. The fraction of sp³-hybridized carbons (Fsp3) is 0.100. The van der Waals surface area contributed by atoms with Gasteiger partial charge < -0.3 is 5.41 Å². The van der Waals surface area contributed by atoms with E-state index in [1.165, 1.54) is 24.3 Å². The summed E-state index contributed by atoms with van der Waals surface area (Å²) in [5.41, 5.74) is 0.0839. The molecule has 0 bridgehead atoms. The van der Waals surface area contributed by atoms with Crippen LogP contribution < -0.4 is 0 Å². The first kappa shape index (κ1) is 11.3. The molecule has 0 atom stereocenters. The van der Waals surface area contributed by atoms with Crippen LogP contribution in [0.5, 0.6) is 0 Å². The van der Waals surface area contributed by atoms with Crippen LogP contribution in [0, 0.1) is 44.1 Å². The number of rotatable bonds is 3. The van der Waals surface area contributed by atoms with E-state index in [9.17, 15) is 10.1 Å². The molecule has 1 aromatic rings. The van der Waals surface area contributed by atoms with Crippen LogP contribution in [0.4, 0.5) is 5.69 Å². The summed E-state index contributed by atoms with van der Waals surface area (Å²) >= 11 is 0. The normalized spacial score (nSPS) is 9.19. The molecule has 0 aliphatic rings. The standard InChI is InChI=1S/C10H6N4O2/c11-5-8(6-12)10(13)7-1-3-9(4-2-7)14(15)16/h1-4,8,13H. The van der Waals surface area contributed by atoms with Crippen molar-refractivity contribution in [1.29, 1.82) is 15.9 Å². The first-order valence-corrected chi connectivity index (χ1v) is 4.22. The lowest BCUT2D eigenvalue weighted by Gasteiger charge is -2.02. The molecule has 0 fully saturated rings. The second-order valence-corrected chi connectivity index (χ2v) is 2.91. The lowest BCUT2D eigenvalue weighted by atomic mass is 9.99. The highest BCUT2D eigenvalue weighted by Gasteiger charge is 2.15. The molecule has 0 unspecified atom stereocenters. The van der Waals surface area contributed by atoms with Crippen LogP contribution in [-0.4, -0.2) is 10.6 Å². The van der Waals surface area contributed by atoms with Crippen LogP contribution in [0.15, 0.2) is 24.3 Å². The van der Waals surface area contributed by atoms with E-state index in [0.29, 0.717) is 5.56 Å². The highest BCUT2D eigenvalue weighted by molar-refractivity contribution is 6.03. The molecule has 1 N–H and O–H groups in total. The van der Waals surface area contributed by atoms with Gasteiger partial charge >= 0.3 is 0 Å². The Morgan fingerprint density at radius 3 is 2.19 bits per heavy atom. The van der Waals surface area contributed by atoms with E-state index in [1.54, 1.807) is 12.1 Å². The minimum absolute atomic E-state index is 0.0954. The molecule has 1 aromatic carbocycles. The number of hydrogen-bond acceptors (Lipinski definition) is 5. The average Bonchev–Trinajstić information content (AvgIpc) is 2.30. The summed E-state index contributed by atoms with van der Waals surface area (Å²) in [6.07, 6.45) is 0. The molecule has 0 aliphatic heterocycles. The second-order valence-electron chi connectivity index (χ2n) is 2.91. The van der Waals surface area contributed by atoms with Crippen molar-refractivity contribution in [2.75, 3.05) is 0 Å².